The fourth-order valence-electron chi connectivity index (χ4n) is 2.82. The van der Waals surface area contributed by atoms with Crippen molar-refractivity contribution in [3.63, 3.8) is 0 Å². The molecule has 4 heteroatoms. The molecule has 1 aliphatic rings. The highest BCUT2D eigenvalue weighted by molar-refractivity contribution is 6.07. The van der Waals surface area contributed by atoms with Crippen LogP contribution in [-0.4, -0.2) is 28.4 Å². The number of piperidine rings is 1. The second kappa shape index (κ2) is 5.59. The van der Waals surface area contributed by atoms with Gasteiger partial charge in [0.2, 0.25) is 5.78 Å². The van der Waals surface area contributed by atoms with E-state index in [0.717, 1.165) is 37.2 Å². The Labute approximate surface area is 118 Å². The molecule has 0 saturated carbocycles. The lowest BCUT2D eigenvalue weighted by atomic mass is 10.0. The van der Waals surface area contributed by atoms with Crippen LogP contribution < -0.4 is 5.32 Å². The summed E-state index contributed by atoms with van der Waals surface area (Å²) in [7, 11) is 0. The minimum atomic E-state index is 0.0599. The molecule has 0 radical (unpaired) electrons. The number of hydrogen-bond donors (Lipinski definition) is 1. The first kappa shape index (κ1) is 13.1. The molecule has 1 fully saturated rings. The van der Waals surface area contributed by atoms with E-state index in [0.29, 0.717) is 11.6 Å². The highest BCUT2D eigenvalue weighted by Crippen LogP contribution is 2.22. The van der Waals surface area contributed by atoms with Gasteiger partial charge in [-0.15, -0.1) is 0 Å². The minimum Gasteiger partial charge on any atom is -0.342 e. The lowest BCUT2D eigenvalue weighted by molar-refractivity contribution is 0.102. The number of carbonyl (C=O) groups excluding carboxylic acids is 1. The Balaban J connectivity index is 1.90. The topological polar surface area (TPSA) is 46.9 Å². The number of pyridine rings is 1. The van der Waals surface area contributed by atoms with Gasteiger partial charge in [-0.05, 0) is 56.6 Å². The summed E-state index contributed by atoms with van der Waals surface area (Å²) in [6, 6.07) is 6.18. The van der Waals surface area contributed by atoms with Gasteiger partial charge >= 0.3 is 0 Å². The third-order valence-electron chi connectivity index (χ3n) is 3.85. The second-order valence-electron chi connectivity index (χ2n) is 5.36. The van der Waals surface area contributed by atoms with E-state index in [1.807, 2.05) is 31.3 Å². The molecule has 1 saturated heterocycles. The molecule has 3 rings (SSSR count). The van der Waals surface area contributed by atoms with Crippen LogP contribution in [0.1, 0.15) is 40.5 Å². The standard InChI is InChI=1S/C16H19N3O/c1-12-9-13(11-18-10-12)16(20)15-3-2-8-19(15)14-4-6-17-7-5-14/h2-3,8-11,14,17H,4-7H2,1H3. The number of ketones is 1. The maximum atomic E-state index is 12.6. The molecule has 1 aliphatic heterocycles. The van der Waals surface area contributed by atoms with Crippen LogP contribution in [0.3, 0.4) is 0 Å². The smallest absolute Gasteiger partial charge is 0.210 e. The van der Waals surface area contributed by atoms with Crippen LogP contribution in [-0.2, 0) is 0 Å². The highest BCUT2D eigenvalue weighted by atomic mass is 16.1. The molecule has 1 N–H and O–H groups in total. The molecule has 0 unspecified atom stereocenters. The zero-order valence-corrected chi connectivity index (χ0v) is 11.7. The number of nitrogens with one attached hydrogen (secondary N) is 1. The Morgan fingerprint density at radius 2 is 2.15 bits per heavy atom. The lowest BCUT2D eigenvalue weighted by Gasteiger charge is -2.25. The van der Waals surface area contributed by atoms with E-state index < -0.39 is 0 Å². The molecule has 4 nitrogen and oxygen atoms in total. The van der Waals surface area contributed by atoms with Crippen molar-refractivity contribution in [3.8, 4) is 0 Å². The number of rotatable bonds is 3. The van der Waals surface area contributed by atoms with Gasteiger partial charge in [-0.25, -0.2) is 0 Å². The predicted octanol–water partition coefficient (Wildman–Crippen LogP) is 2.35. The van der Waals surface area contributed by atoms with Gasteiger partial charge in [0.05, 0.1) is 5.69 Å². The molecular weight excluding hydrogens is 250 g/mol. The van der Waals surface area contributed by atoms with Crippen LogP contribution in [0.2, 0.25) is 0 Å². The molecule has 0 atom stereocenters. The van der Waals surface area contributed by atoms with Crippen LogP contribution in [0.15, 0.2) is 36.8 Å². The third-order valence-corrected chi connectivity index (χ3v) is 3.85. The first-order valence-electron chi connectivity index (χ1n) is 7.09. The summed E-state index contributed by atoms with van der Waals surface area (Å²) in [6.07, 6.45) is 7.58. The molecule has 0 amide bonds. The van der Waals surface area contributed by atoms with Gasteiger partial charge in [0.15, 0.2) is 0 Å². The van der Waals surface area contributed by atoms with Crippen LogP contribution in [0.4, 0.5) is 0 Å². The number of hydrogen-bond acceptors (Lipinski definition) is 3. The van der Waals surface area contributed by atoms with E-state index >= 15 is 0 Å². The summed E-state index contributed by atoms with van der Waals surface area (Å²) in [5, 5.41) is 3.36. The van der Waals surface area contributed by atoms with Gasteiger partial charge in [-0.2, -0.15) is 0 Å². The van der Waals surface area contributed by atoms with E-state index in [-0.39, 0.29) is 5.78 Å². The molecule has 0 spiro atoms. The van der Waals surface area contributed by atoms with Crippen LogP contribution in [0.5, 0.6) is 0 Å². The average Bonchev–Trinajstić information content (AvgIpc) is 2.97. The van der Waals surface area contributed by atoms with E-state index in [1.165, 1.54) is 0 Å². The van der Waals surface area contributed by atoms with Crippen molar-refractivity contribution in [2.45, 2.75) is 25.8 Å². The average molecular weight is 269 g/mol. The molecule has 104 valence electrons. The van der Waals surface area contributed by atoms with Crippen molar-refractivity contribution in [2.75, 3.05) is 13.1 Å². The molecule has 0 aliphatic carbocycles. The molecule has 0 bridgehead atoms. The molecule has 3 heterocycles. The van der Waals surface area contributed by atoms with Crippen molar-refractivity contribution in [2.24, 2.45) is 0 Å². The maximum Gasteiger partial charge on any atom is 0.210 e. The van der Waals surface area contributed by atoms with Crippen molar-refractivity contribution >= 4 is 5.78 Å². The van der Waals surface area contributed by atoms with Gasteiger partial charge in [-0.1, -0.05) is 0 Å². The lowest BCUT2D eigenvalue weighted by Crippen LogP contribution is -2.30. The van der Waals surface area contributed by atoms with Crippen LogP contribution >= 0.6 is 0 Å². The van der Waals surface area contributed by atoms with E-state index in [4.69, 9.17) is 0 Å². The predicted molar refractivity (Wildman–Crippen MR) is 78.0 cm³/mol. The summed E-state index contributed by atoms with van der Waals surface area (Å²) in [6.45, 7) is 3.99. The fourth-order valence-corrected chi connectivity index (χ4v) is 2.82. The molecular formula is C16H19N3O. The Kier molecular flexibility index (Phi) is 3.65. The Hall–Kier alpha value is -1.94. The highest BCUT2D eigenvalue weighted by Gasteiger charge is 2.20. The molecule has 2 aromatic rings. The largest absolute Gasteiger partial charge is 0.342 e. The van der Waals surface area contributed by atoms with Crippen molar-refractivity contribution < 1.29 is 4.79 Å². The Morgan fingerprint density at radius 3 is 2.90 bits per heavy atom. The Morgan fingerprint density at radius 1 is 1.35 bits per heavy atom. The zero-order chi connectivity index (χ0) is 13.9. The zero-order valence-electron chi connectivity index (χ0n) is 11.7. The molecule has 0 aromatic carbocycles. The Bertz CT molecular complexity index is 612. The van der Waals surface area contributed by atoms with Gasteiger partial charge in [0, 0.05) is 30.2 Å². The number of nitrogens with zero attached hydrogens (tertiary/aromatic N) is 2. The first-order chi connectivity index (χ1) is 9.75. The summed E-state index contributed by atoms with van der Waals surface area (Å²) in [4.78, 5) is 16.8. The maximum absolute atomic E-state index is 12.6. The third kappa shape index (κ3) is 2.51. The first-order valence-corrected chi connectivity index (χ1v) is 7.09. The molecule has 2 aromatic heterocycles. The quantitative estimate of drug-likeness (QED) is 0.870. The van der Waals surface area contributed by atoms with Gasteiger partial charge in [0.25, 0.3) is 0 Å². The fraction of sp³-hybridized carbons (Fsp3) is 0.375. The number of aromatic nitrogens is 2. The normalized spacial score (nSPS) is 16.2. The summed E-state index contributed by atoms with van der Waals surface area (Å²) in [5.74, 6) is 0.0599. The van der Waals surface area contributed by atoms with Gasteiger partial charge in [0.1, 0.15) is 0 Å². The van der Waals surface area contributed by atoms with Crippen molar-refractivity contribution in [1.82, 2.24) is 14.9 Å². The van der Waals surface area contributed by atoms with E-state index in [1.54, 1.807) is 12.4 Å². The van der Waals surface area contributed by atoms with Crippen molar-refractivity contribution in [1.29, 1.82) is 0 Å². The van der Waals surface area contributed by atoms with Crippen LogP contribution in [0.25, 0.3) is 0 Å². The second-order valence-corrected chi connectivity index (χ2v) is 5.36. The minimum absolute atomic E-state index is 0.0599. The number of aryl methyl sites for hydroxylation is 1. The number of carbonyl (C=O) groups is 1. The van der Waals surface area contributed by atoms with Crippen molar-refractivity contribution in [3.05, 3.63) is 53.6 Å². The van der Waals surface area contributed by atoms with Gasteiger partial charge < -0.3 is 9.88 Å². The summed E-state index contributed by atoms with van der Waals surface area (Å²) < 4.78 is 2.13. The molecule has 20 heavy (non-hydrogen) atoms. The van der Waals surface area contributed by atoms with E-state index in [9.17, 15) is 4.79 Å². The van der Waals surface area contributed by atoms with Crippen LogP contribution in [0, 0.1) is 6.92 Å². The van der Waals surface area contributed by atoms with Gasteiger partial charge in [-0.3, -0.25) is 9.78 Å². The van der Waals surface area contributed by atoms with E-state index in [2.05, 4.69) is 14.9 Å². The monoisotopic (exact) mass is 269 g/mol. The SMILES string of the molecule is Cc1cncc(C(=O)c2cccn2C2CCNCC2)c1. The summed E-state index contributed by atoms with van der Waals surface area (Å²) >= 11 is 0. The summed E-state index contributed by atoms with van der Waals surface area (Å²) in [5.41, 5.74) is 2.44.